The Morgan fingerprint density at radius 2 is 1.76 bits per heavy atom. The number of pyridine rings is 1. The number of anilines is 2. The van der Waals surface area contributed by atoms with Gasteiger partial charge in [-0.05, 0) is 73.2 Å². The van der Waals surface area contributed by atoms with Crippen molar-refractivity contribution in [2.45, 2.75) is 78.5 Å². The van der Waals surface area contributed by atoms with Crippen molar-refractivity contribution in [3.8, 4) is 6.07 Å². The molecule has 1 fully saturated rings. The maximum atomic E-state index is 15.0. The highest BCUT2D eigenvalue weighted by atomic mass is 19.4. The van der Waals surface area contributed by atoms with Crippen LogP contribution in [0.4, 0.5) is 28.9 Å². The molecule has 1 atom stereocenters. The fraction of sp³-hybridized carbons (Fsp3) is 0.361. The van der Waals surface area contributed by atoms with E-state index < -0.39 is 34.8 Å². The lowest BCUT2D eigenvalue weighted by Crippen LogP contribution is -2.28. The lowest BCUT2D eigenvalue weighted by molar-refractivity contribution is -0.112. The number of benzene rings is 2. The zero-order chi connectivity index (χ0) is 34.3. The number of allylic oxidation sites excluding steroid dienone is 3. The Balaban J connectivity index is 0.00000177. The van der Waals surface area contributed by atoms with Gasteiger partial charge in [-0.1, -0.05) is 71.7 Å². The van der Waals surface area contributed by atoms with Crippen LogP contribution in [0, 0.1) is 23.1 Å². The van der Waals surface area contributed by atoms with Crippen LogP contribution in [-0.4, -0.2) is 22.2 Å². The summed E-state index contributed by atoms with van der Waals surface area (Å²) in [7, 11) is 0. The predicted octanol–water partition coefficient (Wildman–Crippen LogP) is 9.40. The molecule has 0 radical (unpaired) electrons. The van der Waals surface area contributed by atoms with Crippen LogP contribution in [0.2, 0.25) is 0 Å². The fourth-order valence-electron chi connectivity index (χ4n) is 4.56. The van der Waals surface area contributed by atoms with Gasteiger partial charge in [0.25, 0.3) is 5.91 Å². The summed E-state index contributed by atoms with van der Waals surface area (Å²) in [6.07, 6.45) is 3.15. The highest BCUT2D eigenvalue weighted by Crippen LogP contribution is 2.41. The maximum Gasteiger partial charge on any atom is 0.416 e. The van der Waals surface area contributed by atoms with E-state index in [1.54, 1.807) is 18.3 Å². The van der Waals surface area contributed by atoms with Crippen LogP contribution in [0.15, 0.2) is 90.4 Å². The summed E-state index contributed by atoms with van der Waals surface area (Å²) < 4.78 is 56.3. The van der Waals surface area contributed by atoms with Crippen molar-refractivity contribution in [2.75, 3.05) is 10.6 Å². The molecule has 1 aromatic heterocycles. The molecule has 1 heterocycles. The number of alkyl halides is 3. The second kappa shape index (κ2) is 17.9. The van der Waals surface area contributed by atoms with Gasteiger partial charge < -0.3 is 15.7 Å². The van der Waals surface area contributed by atoms with Gasteiger partial charge in [0.05, 0.1) is 22.9 Å². The number of carbonyl (C=O) groups excluding carboxylic acids is 1. The van der Waals surface area contributed by atoms with E-state index in [-0.39, 0.29) is 23.4 Å². The van der Waals surface area contributed by atoms with Gasteiger partial charge in [-0.15, -0.1) is 0 Å². The first-order valence-electron chi connectivity index (χ1n) is 15.5. The summed E-state index contributed by atoms with van der Waals surface area (Å²) in [6.45, 7) is 9.52. The van der Waals surface area contributed by atoms with E-state index in [0.29, 0.717) is 29.5 Å². The van der Waals surface area contributed by atoms with Crippen molar-refractivity contribution in [2.24, 2.45) is 5.92 Å². The fourth-order valence-corrected chi connectivity index (χ4v) is 4.56. The van der Waals surface area contributed by atoms with E-state index >= 15 is 4.39 Å². The molecule has 246 valence electrons. The number of nitrogens with zero attached hydrogens (tertiary/aromatic N) is 2. The van der Waals surface area contributed by atoms with Gasteiger partial charge in [-0.25, -0.2) is 4.39 Å². The monoisotopic (exact) mass is 638 g/mol. The number of nitriles is 1. The molecule has 10 heteroatoms. The number of carbonyl (C=O) groups is 1. The zero-order valence-electron chi connectivity index (χ0n) is 26.9. The Hall–Kier alpha value is -4.49. The summed E-state index contributed by atoms with van der Waals surface area (Å²) in [5.41, 5.74) is -2.25. The Kier molecular flexibility index (Phi) is 14.6. The van der Waals surface area contributed by atoms with Gasteiger partial charge in [0, 0.05) is 23.6 Å². The van der Waals surface area contributed by atoms with Gasteiger partial charge in [-0.3, -0.25) is 9.78 Å². The second-order valence-corrected chi connectivity index (χ2v) is 10.2. The molecule has 1 saturated carbocycles. The summed E-state index contributed by atoms with van der Waals surface area (Å²) >= 11 is 0. The number of nitrogens with one attached hydrogen (secondary N) is 2. The Labute approximate surface area is 268 Å². The van der Waals surface area contributed by atoms with E-state index in [4.69, 9.17) is 0 Å². The van der Waals surface area contributed by atoms with E-state index in [1.807, 2.05) is 33.8 Å². The number of aliphatic hydroxyl groups is 1. The summed E-state index contributed by atoms with van der Waals surface area (Å²) in [5.74, 6) is -1.40. The van der Waals surface area contributed by atoms with Crippen LogP contribution in [0.1, 0.15) is 83.4 Å². The molecule has 1 aliphatic rings. The first-order valence-corrected chi connectivity index (χ1v) is 15.5. The van der Waals surface area contributed by atoms with Gasteiger partial charge in [-0.2, -0.15) is 18.4 Å². The molecule has 1 aliphatic carbocycles. The Morgan fingerprint density at radius 3 is 2.35 bits per heavy atom. The molecule has 3 N–H and O–H groups in total. The third kappa shape index (κ3) is 10.6. The van der Waals surface area contributed by atoms with E-state index in [9.17, 15) is 28.3 Å². The number of halogens is 4. The third-order valence-corrected chi connectivity index (χ3v) is 7.01. The molecule has 4 rings (SSSR count). The van der Waals surface area contributed by atoms with Crippen molar-refractivity contribution in [3.63, 3.8) is 0 Å². The minimum absolute atomic E-state index is 0.0502. The highest BCUT2D eigenvalue weighted by Gasteiger charge is 2.36. The van der Waals surface area contributed by atoms with E-state index in [1.165, 1.54) is 49.5 Å². The van der Waals surface area contributed by atoms with E-state index in [0.717, 1.165) is 31.4 Å². The molecular formula is C36H42F4N4O2. The third-order valence-electron chi connectivity index (χ3n) is 7.01. The molecule has 0 saturated heterocycles. The standard InChI is InChI=1S/C32H30F4N4O2.2C2H6/c1-2-5-24(32(34,35)36)18-29(39-26-8-3-6-22(16-26)19-37)30(41)40-28-17-23(11-12-27(28)33)31(42,14-13-21-9-10-21)25-7-4-15-38-20-25;2*1-2/h3-8,11-12,15-18,20-21,39,42H,2,9-10,13-14H2,1H3,(H,40,41);2*1-2H3/b24-5-,29-18-;;. The smallest absolute Gasteiger partial charge is 0.380 e. The maximum absolute atomic E-state index is 15.0. The minimum atomic E-state index is -4.76. The summed E-state index contributed by atoms with van der Waals surface area (Å²) in [6, 6.07) is 15.0. The quantitative estimate of drug-likeness (QED) is 0.110. The van der Waals surface area contributed by atoms with Crippen LogP contribution in [0.25, 0.3) is 0 Å². The van der Waals surface area contributed by atoms with Crippen LogP contribution in [0.5, 0.6) is 0 Å². The average molecular weight is 639 g/mol. The Morgan fingerprint density at radius 1 is 1.04 bits per heavy atom. The second-order valence-electron chi connectivity index (χ2n) is 10.2. The SMILES string of the molecule is CC.CC.CC/C=C(/C=C(\Nc1cccc(C#N)c1)C(=O)Nc1cc(C(O)(CCC2CC2)c2cccnc2)ccc1F)C(F)(F)F. The van der Waals surface area contributed by atoms with Crippen LogP contribution < -0.4 is 10.6 Å². The van der Waals surface area contributed by atoms with Gasteiger partial charge in [0.1, 0.15) is 17.1 Å². The predicted molar refractivity (Wildman–Crippen MR) is 174 cm³/mol. The minimum Gasteiger partial charge on any atom is -0.380 e. The molecule has 0 bridgehead atoms. The molecule has 0 aliphatic heterocycles. The van der Waals surface area contributed by atoms with Gasteiger partial charge >= 0.3 is 6.18 Å². The Bertz CT molecular complexity index is 1530. The van der Waals surface area contributed by atoms with Crippen LogP contribution in [0.3, 0.4) is 0 Å². The topological polar surface area (TPSA) is 98.0 Å². The molecule has 3 aromatic rings. The normalized spacial score (nSPS) is 14.4. The van der Waals surface area contributed by atoms with Crippen LogP contribution in [-0.2, 0) is 10.4 Å². The number of hydrogen-bond donors (Lipinski definition) is 3. The molecule has 1 unspecified atom stereocenters. The average Bonchev–Trinajstić information content (AvgIpc) is 3.91. The molecule has 46 heavy (non-hydrogen) atoms. The first-order chi connectivity index (χ1) is 22.0. The number of amides is 1. The summed E-state index contributed by atoms with van der Waals surface area (Å²) in [5, 5.41) is 26.1. The highest BCUT2D eigenvalue weighted by molar-refractivity contribution is 6.06. The van der Waals surface area contributed by atoms with Crippen molar-refractivity contribution in [1.82, 2.24) is 4.98 Å². The first kappa shape index (κ1) is 37.7. The molecule has 1 amide bonds. The summed E-state index contributed by atoms with van der Waals surface area (Å²) in [4.78, 5) is 17.5. The molecule has 6 nitrogen and oxygen atoms in total. The largest absolute Gasteiger partial charge is 0.416 e. The van der Waals surface area contributed by atoms with Crippen LogP contribution >= 0.6 is 0 Å². The molecule has 2 aromatic carbocycles. The number of hydrogen-bond acceptors (Lipinski definition) is 5. The number of aromatic nitrogens is 1. The van der Waals surface area contributed by atoms with E-state index in [2.05, 4.69) is 15.6 Å². The van der Waals surface area contributed by atoms with Crippen molar-refractivity contribution >= 4 is 17.3 Å². The molecular weight excluding hydrogens is 596 g/mol. The van der Waals surface area contributed by atoms with Crippen molar-refractivity contribution in [3.05, 3.63) is 113 Å². The number of rotatable bonds is 11. The van der Waals surface area contributed by atoms with Gasteiger partial charge in [0.15, 0.2) is 0 Å². The van der Waals surface area contributed by atoms with Gasteiger partial charge in [0.2, 0.25) is 0 Å². The molecule has 0 spiro atoms. The zero-order valence-corrected chi connectivity index (χ0v) is 26.9. The lowest BCUT2D eigenvalue weighted by Gasteiger charge is -2.30. The van der Waals surface area contributed by atoms with Crippen molar-refractivity contribution < 1.29 is 27.5 Å². The lowest BCUT2D eigenvalue weighted by atomic mass is 9.82. The van der Waals surface area contributed by atoms with Crippen molar-refractivity contribution in [1.29, 1.82) is 5.26 Å².